The summed E-state index contributed by atoms with van der Waals surface area (Å²) in [6, 6.07) is 0.700. The van der Waals surface area contributed by atoms with Gasteiger partial charge in [0.15, 0.2) is 0 Å². The summed E-state index contributed by atoms with van der Waals surface area (Å²) in [5.74, 6) is 1.18. The standard InChI is InChI=1S/C15H31N3O/c1-4-12-8-5-6-9-13(12)17-11-7-10-15(2,3)14(16)18-19/h12-13,17,19H,4-11H2,1-3H3,(H2,16,18). The van der Waals surface area contributed by atoms with Gasteiger partial charge in [-0.1, -0.05) is 45.2 Å². The largest absolute Gasteiger partial charge is 0.409 e. The molecule has 0 heterocycles. The molecule has 1 aliphatic carbocycles. The maximum Gasteiger partial charge on any atom is 0.144 e. The summed E-state index contributed by atoms with van der Waals surface area (Å²) in [7, 11) is 0. The third kappa shape index (κ3) is 5.01. The molecule has 0 spiro atoms. The molecule has 0 bridgehead atoms. The van der Waals surface area contributed by atoms with Gasteiger partial charge < -0.3 is 16.3 Å². The molecule has 0 saturated heterocycles. The van der Waals surface area contributed by atoms with Crippen LogP contribution in [0.3, 0.4) is 0 Å². The topological polar surface area (TPSA) is 70.6 Å². The van der Waals surface area contributed by atoms with E-state index in [4.69, 9.17) is 10.9 Å². The molecule has 0 aromatic carbocycles. The monoisotopic (exact) mass is 269 g/mol. The van der Waals surface area contributed by atoms with Crippen molar-refractivity contribution in [3.05, 3.63) is 0 Å². The van der Waals surface area contributed by atoms with E-state index in [9.17, 15) is 0 Å². The molecule has 4 heteroatoms. The van der Waals surface area contributed by atoms with Gasteiger partial charge in [0.1, 0.15) is 5.84 Å². The minimum Gasteiger partial charge on any atom is -0.409 e. The fraction of sp³-hybridized carbons (Fsp3) is 0.933. The van der Waals surface area contributed by atoms with Gasteiger partial charge >= 0.3 is 0 Å². The van der Waals surface area contributed by atoms with Crippen molar-refractivity contribution < 1.29 is 5.21 Å². The first-order valence-corrected chi connectivity index (χ1v) is 7.72. The van der Waals surface area contributed by atoms with Crippen molar-refractivity contribution >= 4 is 5.84 Å². The number of hydrogen-bond donors (Lipinski definition) is 3. The van der Waals surface area contributed by atoms with E-state index < -0.39 is 0 Å². The maximum atomic E-state index is 8.74. The lowest BCUT2D eigenvalue weighted by Crippen LogP contribution is -2.39. The summed E-state index contributed by atoms with van der Waals surface area (Å²) >= 11 is 0. The highest BCUT2D eigenvalue weighted by atomic mass is 16.4. The van der Waals surface area contributed by atoms with Crippen molar-refractivity contribution in [2.45, 2.75) is 71.8 Å². The summed E-state index contributed by atoms with van der Waals surface area (Å²) < 4.78 is 0. The summed E-state index contributed by atoms with van der Waals surface area (Å²) in [6.07, 6.45) is 8.76. The minimum absolute atomic E-state index is 0.215. The van der Waals surface area contributed by atoms with Crippen molar-refractivity contribution in [1.29, 1.82) is 0 Å². The van der Waals surface area contributed by atoms with Gasteiger partial charge in [-0.05, 0) is 38.1 Å². The Balaban J connectivity index is 2.26. The number of oxime groups is 1. The van der Waals surface area contributed by atoms with Crippen LogP contribution in [0.25, 0.3) is 0 Å². The van der Waals surface area contributed by atoms with E-state index >= 15 is 0 Å². The van der Waals surface area contributed by atoms with Crippen LogP contribution in [0.5, 0.6) is 0 Å². The lowest BCUT2D eigenvalue weighted by molar-refractivity contribution is 0.252. The van der Waals surface area contributed by atoms with Crippen molar-refractivity contribution in [3.8, 4) is 0 Å². The smallest absolute Gasteiger partial charge is 0.144 e. The van der Waals surface area contributed by atoms with E-state index in [-0.39, 0.29) is 5.41 Å². The van der Waals surface area contributed by atoms with Gasteiger partial charge in [-0.2, -0.15) is 0 Å². The van der Waals surface area contributed by atoms with Crippen molar-refractivity contribution in [2.24, 2.45) is 22.2 Å². The van der Waals surface area contributed by atoms with E-state index in [1.807, 2.05) is 13.8 Å². The Morgan fingerprint density at radius 2 is 2.05 bits per heavy atom. The molecule has 19 heavy (non-hydrogen) atoms. The average molecular weight is 269 g/mol. The Morgan fingerprint density at radius 1 is 1.37 bits per heavy atom. The third-order valence-electron chi connectivity index (χ3n) is 4.62. The highest BCUT2D eigenvalue weighted by molar-refractivity contribution is 5.85. The van der Waals surface area contributed by atoms with Crippen LogP contribution in [-0.4, -0.2) is 23.6 Å². The zero-order chi connectivity index (χ0) is 14.3. The predicted molar refractivity (Wildman–Crippen MR) is 80.5 cm³/mol. The Bertz CT molecular complexity index is 289. The number of nitrogens with one attached hydrogen (secondary N) is 1. The Morgan fingerprint density at radius 3 is 2.68 bits per heavy atom. The number of nitrogens with two attached hydrogens (primary N) is 1. The lowest BCUT2D eigenvalue weighted by Gasteiger charge is -2.32. The van der Waals surface area contributed by atoms with Crippen LogP contribution >= 0.6 is 0 Å². The molecule has 112 valence electrons. The molecule has 0 aliphatic heterocycles. The van der Waals surface area contributed by atoms with Crippen LogP contribution in [0.2, 0.25) is 0 Å². The fourth-order valence-electron chi connectivity index (χ4n) is 3.05. The molecule has 4 nitrogen and oxygen atoms in total. The van der Waals surface area contributed by atoms with Gasteiger partial charge in [0, 0.05) is 11.5 Å². The molecule has 0 aromatic rings. The van der Waals surface area contributed by atoms with E-state index in [0.717, 1.165) is 25.3 Å². The van der Waals surface area contributed by atoms with E-state index in [1.165, 1.54) is 32.1 Å². The lowest BCUT2D eigenvalue weighted by atomic mass is 9.82. The first-order chi connectivity index (χ1) is 9.01. The molecule has 1 rings (SSSR count). The second-order valence-corrected chi connectivity index (χ2v) is 6.49. The van der Waals surface area contributed by atoms with E-state index in [2.05, 4.69) is 17.4 Å². The van der Waals surface area contributed by atoms with Crippen LogP contribution in [0, 0.1) is 11.3 Å². The highest BCUT2D eigenvalue weighted by Gasteiger charge is 2.25. The van der Waals surface area contributed by atoms with Crippen molar-refractivity contribution in [3.63, 3.8) is 0 Å². The molecular formula is C15H31N3O. The second-order valence-electron chi connectivity index (χ2n) is 6.49. The summed E-state index contributed by atoms with van der Waals surface area (Å²) in [5.41, 5.74) is 5.48. The minimum atomic E-state index is -0.215. The van der Waals surface area contributed by atoms with E-state index in [0.29, 0.717) is 11.9 Å². The van der Waals surface area contributed by atoms with Gasteiger partial charge in [-0.15, -0.1) is 0 Å². The maximum absolute atomic E-state index is 8.74. The Labute approximate surface area is 117 Å². The molecule has 2 unspecified atom stereocenters. The normalized spacial score (nSPS) is 25.5. The molecule has 0 radical (unpaired) electrons. The van der Waals surface area contributed by atoms with Crippen LogP contribution in [0.15, 0.2) is 5.16 Å². The van der Waals surface area contributed by atoms with Crippen LogP contribution in [0.4, 0.5) is 0 Å². The molecule has 0 aromatic heterocycles. The van der Waals surface area contributed by atoms with Crippen LogP contribution in [0.1, 0.15) is 65.7 Å². The second kappa shape index (κ2) is 7.73. The van der Waals surface area contributed by atoms with Crippen molar-refractivity contribution in [2.75, 3.05) is 6.54 Å². The third-order valence-corrected chi connectivity index (χ3v) is 4.62. The predicted octanol–water partition coefficient (Wildman–Crippen LogP) is 3.10. The molecule has 2 atom stereocenters. The Hall–Kier alpha value is -0.770. The van der Waals surface area contributed by atoms with E-state index in [1.54, 1.807) is 0 Å². The zero-order valence-electron chi connectivity index (χ0n) is 12.8. The van der Waals surface area contributed by atoms with Gasteiger partial charge in [0.25, 0.3) is 0 Å². The zero-order valence-corrected chi connectivity index (χ0v) is 12.8. The molecule has 1 fully saturated rings. The molecule has 0 amide bonds. The van der Waals surface area contributed by atoms with Crippen LogP contribution < -0.4 is 11.1 Å². The quantitative estimate of drug-likeness (QED) is 0.219. The first-order valence-electron chi connectivity index (χ1n) is 7.72. The first kappa shape index (κ1) is 16.3. The van der Waals surface area contributed by atoms with Crippen LogP contribution in [-0.2, 0) is 0 Å². The summed E-state index contributed by atoms with van der Waals surface area (Å²) in [6.45, 7) is 7.38. The van der Waals surface area contributed by atoms with Gasteiger partial charge in [0.2, 0.25) is 0 Å². The molecular weight excluding hydrogens is 238 g/mol. The van der Waals surface area contributed by atoms with Crippen molar-refractivity contribution in [1.82, 2.24) is 5.32 Å². The number of rotatable bonds is 7. The Kier molecular flexibility index (Phi) is 6.63. The van der Waals surface area contributed by atoms with Gasteiger partial charge in [-0.3, -0.25) is 0 Å². The fourth-order valence-corrected chi connectivity index (χ4v) is 3.05. The highest BCUT2D eigenvalue weighted by Crippen LogP contribution is 2.27. The number of hydrogen-bond acceptors (Lipinski definition) is 3. The van der Waals surface area contributed by atoms with Gasteiger partial charge in [0.05, 0.1) is 0 Å². The number of amidine groups is 1. The molecule has 1 saturated carbocycles. The molecule has 4 N–H and O–H groups in total. The van der Waals surface area contributed by atoms with Gasteiger partial charge in [-0.25, -0.2) is 0 Å². The average Bonchev–Trinajstić information content (AvgIpc) is 2.43. The summed E-state index contributed by atoms with van der Waals surface area (Å²) in [4.78, 5) is 0. The number of nitrogens with zero attached hydrogens (tertiary/aromatic N) is 1. The summed E-state index contributed by atoms with van der Waals surface area (Å²) in [5, 5.41) is 15.6. The molecule has 1 aliphatic rings. The SMILES string of the molecule is CCC1CCCCC1NCCCC(C)(C)C(N)=NO.